The second-order valence-corrected chi connectivity index (χ2v) is 16.0. The molecule has 8 nitrogen and oxygen atoms in total. The molecule has 85 heavy (non-hydrogen) atoms. The molecular weight excluding hydrogens is 1350 g/mol. The normalized spacial score (nSPS) is 15.7. The molecule has 51 heteroatoms. The third-order valence-corrected chi connectivity index (χ3v) is 10.7. The maximum Gasteiger partial charge on any atom is 0.460 e. The van der Waals surface area contributed by atoms with Gasteiger partial charge in [-0.25, -0.2) is 9.59 Å². The summed E-state index contributed by atoms with van der Waals surface area (Å²) in [5.74, 6) is -209. The smallest absolute Gasteiger partial charge is 0.445 e. The molecule has 0 bridgehead atoms. The molecule has 0 atom stereocenters. The number of alkyl halides is 43. The highest BCUT2D eigenvalue weighted by Crippen LogP contribution is 2.72. The van der Waals surface area contributed by atoms with E-state index in [-0.39, 0.29) is 25.1 Å². The predicted molar refractivity (Wildman–Crippen MR) is 175 cm³/mol. The Morgan fingerprint density at radius 3 is 0.824 bits per heavy atom. The van der Waals surface area contributed by atoms with E-state index in [0.717, 1.165) is 5.32 Å². The van der Waals surface area contributed by atoms with Gasteiger partial charge in [-0.05, 0) is 18.6 Å². The predicted octanol–water partition coefficient (Wildman–Crippen LogP) is 14.9. The summed E-state index contributed by atoms with van der Waals surface area (Å²) in [5.41, 5.74) is -13.1. The van der Waals surface area contributed by atoms with E-state index >= 15 is 26.3 Å². The minimum absolute atomic E-state index is 0.0285. The van der Waals surface area contributed by atoms with Crippen molar-refractivity contribution in [1.82, 2.24) is 5.32 Å². The van der Waals surface area contributed by atoms with Crippen LogP contribution in [0, 0.1) is 6.92 Å². The van der Waals surface area contributed by atoms with Crippen molar-refractivity contribution in [3.8, 4) is 0 Å². The van der Waals surface area contributed by atoms with Crippen LogP contribution in [0.5, 0.6) is 0 Å². The maximum atomic E-state index is 15.8. The number of carbonyl (C=O) groups is 2. The molecule has 0 fully saturated rings. The zero-order valence-electron chi connectivity index (χ0n) is 38.0. The number of hydrogen-bond acceptors (Lipinski definition) is 7. The number of ether oxygens (including phenoxy) is 1. The van der Waals surface area contributed by atoms with Gasteiger partial charge in [-0.3, -0.25) is 9.59 Å². The monoisotopic (exact) mass is 1360 g/mol. The SMILES string of the molecule is CC(=O)OCNC(=O)c1c(C)cc(N=C=O)c(N=C=O)c1C(F)(F)C(F)(F)C(F)(F)C(F)(F)C(F)(F)C(F)(F)C(F)(F)C(F)(F)C(F)(F)C(F)(F)C(F)(F)C(F)(F)C(F)(F)C(F)(F)C(F)(F)C(F)(F)C(F)(F)C(F)(F)C(F)(F)C(F)(F)C(F)(F)F. The van der Waals surface area contributed by atoms with E-state index < -0.39 is 171 Å². The Morgan fingerprint density at radius 2 is 0.612 bits per heavy atom. The van der Waals surface area contributed by atoms with Crippen LogP contribution < -0.4 is 5.32 Å². The number of nitrogens with zero attached hydrogens (tertiary/aromatic N) is 2. The van der Waals surface area contributed by atoms with Crippen molar-refractivity contribution < 1.29 is 213 Å². The summed E-state index contributed by atoms with van der Waals surface area (Å²) in [6.45, 7) is -1.33. The van der Waals surface area contributed by atoms with E-state index in [1.165, 1.54) is 0 Å². The minimum Gasteiger partial charge on any atom is -0.445 e. The molecule has 1 N–H and O–H groups in total. The standard InChI is InChI=1S/C34H10F43N3O5/c1-7-3-9(78-4-81)12(79-5-82)11(10(7)13(84)80-6-85-8(2)83)14(35,36)15(37,38)16(39,40)17(41,42)18(43,44)19(45,46)20(47,48)21(49,50)22(51,52)23(53,54)24(55,56)25(57,58)26(59,60)27(61,62)28(63,64)29(65,66)30(67,68)31(69,70)32(71,72)33(73,74)34(75,76)77/h3H,6H2,1-2H3,(H,80,84). The van der Waals surface area contributed by atoms with Gasteiger partial charge in [-0.1, -0.05) is 0 Å². The summed E-state index contributed by atoms with van der Waals surface area (Å²) in [6.07, 6.45) is -8.40. The Hall–Kier alpha value is -6.09. The largest absolute Gasteiger partial charge is 0.460 e. The van der Waals surface area contributed by atoms with Crippen LogP contribution in [-0.2, 0) is 25.0 Å². The first-order valence-electron chi connectivity index (χ1n) is 19.0. The number of halogens is 43. The van der Waals surface area contributed by atoms with Crippen LogP contribution in [0.15, 0.2) is 16.1 Å². The van der Waals surface area contributed by atoms with Gasteiger partial charge in [0.2, 0.25) is 12.2 Å². The lowest BCUT2D eigenvalue weighted by Gasteiger charge is -2.47. The highest BCUT2D eigenvalue weighted by atomic mass is 19.4. The molecule has 0 aromatic heterocycles. The molecule has 0 unspecified atom stereocenters. The number of aryl methyl sites for hydroxylation is 1. The fourth-order valence-corrected chi connectivity index (χ4v) is 5.86. The summed E-state index contributed by atoms with van der Waals surface area (Å²) < 4.78 is 615. The number of carbonyl (C=O) groups excluding carboxylic acids is 4. The Balaban J connectivity index is 4.38. The molecule has 0 spiro atoms. The number of benzene rings is 1. The highest BCUT2D eigenvalue weighted by molar-refractivity contribution is 6.00. The Labute approximate surface area is 432 Å². The van der Waals surface area contributed by atoms with Crippen molar-refractivity contribution >= 4 is 35.4 Å². The number of amides is 1. The van der Waals surface area contributed by atoms with Crippen LogP contribution in [0.25, 0.3) is 0 Å². The summed E-state index contributed by atoms with van der Waals surface area (Å²) in [5, 5.41) is 1.02. The van der Waals surface area contributed by atoms with E-state index in [2.05, 4.69) is 9.73 Å². The third-order valence-electron chi connectivity index (χ3n) is 10.7. The van der Waals surface area contributed by atoms with Crippen LogP contribution in [0.4, 0.5) is 200 Å². The van der Waals surface area contributed by atoms with Gasteiger partial charge in [0.25, 0.3) is 5.91 Å². The van der Waals surface area contributed by atoms with Crippen molar-refractivity contribution in [1.29, 1.82) is 0 Å². The molecule has 492 valence electrons. The summed E-state index contributed by atoms with van der Waals surface area (Å²) in [4.78, 5) is 49.7. The number of rotatable bonds is 25. The van der Waals surface area contributed by atoms with Crippen LogP contribution in [0.2, 0.25) is 0 Å². The molecule has 0 aliphatic rings. The van der Waals surface area contributed by atoms with Crippen LogP contribution in [0.1, 0.15) is 28.4 Å². The lowest BCUT2D eigenvalue weighted by molar-refractivity contribution is -0.496. The van der Waals surface area contributed by atoms with E-state index in [9.17, 15) is 182 Å². The molecule has 1 amide bonds. The van der Waals surface area contributed by atoms with Gasteiger partial charge in [-0.2, -0.15) is 199 Å². The highest BCUT2D eigenvalue weighted by Gasteiger charge is 3.04. The van der Waals surface area contributed by atoms with Gasteiger partial charge in [0.05, 0.1) is 11.1 Å². The molecule has 0 radical (unpaired) electrons. The number of esters is 1. The van der Waals surface area contributed by atoms with Gasteiger partial charge < -0.3 is 10.1 Å². The van der Waals surface area contributed by atoms with Gasteiger partial charge in [0.15, 0.2) is 6.73 Å². The fourth-order valence-electron chi connectivity index (χ4n) is 5.86. The molecule has 0 aliphatic heterocycles. The molecule has 0 heterocycles. The first kappa shape index (κ1) is 76.9. The summed E-state index contributed by atoms with van der Waals surface area (Å²) in [7, 11) is 0. The van der Waals surface area contributed by atoms with Crippen LogP contribution in [-0.4, -0.2) is 149 Å². The quantitative estimate of drug-likeness (QED) is 0.0344. The van der Waals surface area contributed by atoms with Crippen LogP contribution in [0.3, 0.4) is 0 Å². The van der Waals surface area contributed by atoms with Crippen molar-refractivity contribution in [3.05, 3.63) is 22.8 Å². The third kappa shape index (κ3) is 9.63. The number of isocyanates is 2. The molecule has 1 aromatic rings. The van der Waals surface area contributed by atoms with Crippen molar-refractivity contribution in [2.45, 2.75) is 138 Å². The van der Waals surface area contributed by atoms with E-state index in [4.69, 9.17) is 0 Å². The van der Waals surface area contributed by atoms with Gasteiger partial charge in [0.1, 0.15) is 11.4 Å². The molecule has 0 aliphatic carbocycles. The molecule has 1 rings (SSSR count). The minimum atomic E-state index is -10.8. The number of aliphatic imine (C=N–C) groups is 2. The van der Waals surface area contributed by atoms with E-state index in [1.807, 2.05) is 4.99 Å². The average Bonchev–Trinajstić information content (AvgIpc) is 1.00. The van der Waals surface area contributed by atoms with Crippen molar-refractivity contribution in [2.24, 2.45) is 9.98 Å². The lowest BCUT2D eigenvalue weighted by Crippen LogP contribution is -2.80. The van der Waals surface area contributed by atoms with Gasteiger partial charge in [-0.15, -0.1) is 0 Å². The Bertz CT molecular complexity index is 2820. The first-order valence-corrected chi connectivity index (χ1v) is 19.0. The summed E-state index contributed by atoms with van der Waals surface area (Å²) in [6, 6.07) is -0.170. The van der Waals surface area contributed by atoms with Gasteiger partial charge in [0, 0.05) is 6.92 Å². The first-order chi connectivity index (χ1) is 36.6. The number of hydrogen-bond donors (Lipinski definition) is 1. The van der Waals surface area contributed by atoms with Crippen molar-refractivity contribution in [3.63, 3.8) is 0 Å². The molecule has 0 saturated heterocycles. The van der Waals surface area contributed by atoms with Crippen molar-refractivity contribution in [2.75, 3.05) is 6.73 Å². The fraction of sp³-hybridized carbons (Fsp3) is 0.706. The Kier molecular flexibility index (Phi) is 18.8. The zero-order valence-corrected chi connectivity index (χ0v) is 38.0. The lowest BCUT2D eigenvalue weighted by atomic mass is 9.81. The van der Waals surface area contributed by atoms with Crippen LogP contribution >= 0.6 is 0 Å². The molecule has 0 saturated carbocycles. The second kappa shape index (κ2) is 20.8. The second-order valence-electron chi connectivity index (χ2n) is 16.0. The number of nitrogens with one attached hydrogen (secondary N) is 1. The van der Waals surface area contributed by atoms with Gasteiger partial charge >= 0.3 is 131 Å². The average molecular weight is 1360 g/mol. The zero-order chi connectivity index (χ0) is 69.2. The Morgan fingerprint density at radius 1 is 0.388 bits per heavy atom. The van der Waals surface area contributed by atoms with E-state index in [0.29, 0.717) is 6.92 Å². The summed E-state index contributed by atoms with van der Waals surface area (Å²) >= 11 is 0. The molecule has 1 aromatic carbocycles. The van der Waals surface area contributed by atoms with E-state index in [1.54, 1.807) is 0 Å². The maximum absolute atomic E-state index is 15.8. The topological polar surface area (TPSA) is 114 Å². The molecular formula is C34H10F43N3O5.